The lowest BCUT2D eigenvalue weighted by Crippen LogP contribution is -2.46. The van der Waals surface area contributed by atoms with Crippen molar-refractivity contribution >= 4 is 21.7 Å². The third kappa shape index (κ3) is 4.70. The molecule has 1 aliphatic heterocycles. The number of methoxy groups -OCH3 is 1. The number of carbonyl (C=O) groups is 2. The molecule has 1 aromatic carbocycles. The largest absolute Gasteiger partial charge is 0.496 e. The number of carbonyl (C=O) groups excluding carboxylic acids is 2. The maximum absolute atomic E-state index is 12.2. The van der Waals surface area contributed by atoms with E-state index in [4.69, 9.17) is 4.74 Å². The van der Waals surface area contributed by atoms with E-state index in [0.717, 1.165) is 5.56 Å². The van der Waals surface area contributed by atoms with Crippen LogP contribution in [0.25, 0.3) is 0 Å². The Morgan fingerprint density at radius 3 is 2.62 bits per heavy atom. The Morgan fingerprint density at radius 2 is 2.04 bits per heavy atom. The van der Waals surface area contributed by atoms with E-state index in [1.54, 1.807) is 13.2 Å². The molecule has 1 aliphatic rings. The number of hydrogen-bond donors (Lipinski definition) is 1. The molecular weight excluding hydrogens is 332 g/mol. The summed E-state index contributed by atoms with van der Waals surface area (Å²) in [6.45, 7) is 1.47. The maximum Gasteiger partial charge on any atom is 0.239 e. The second-order valence-electron chi connectivity index (χ2n) is 5.79. The Morgan fingerprint density at radius 1 is 1.33 bits per heavy atom. The molecule has 0 spiro atoms. The molecule has 1 N–H and O–H groups in total. The van der Waals surface area contributed by atoms with Crippen LogP contribution >= 0.6 is 0 Å². The molecule has 7 nitrogen and oxygen atoms in total. The summed E-state index contributed by atoms with van der Waals surface area (Å²) in [6, 6.07) is 6.89. The van der Waals surface area contributed by atoms with Crippen molar-refractivity contribution in [3.63, 3.8) is 0 Å². The van der Waals surface area contributed by atoms with Gasteiger partial charge in [-0.1, -0.05) is 18.2 Å². The zero-order chi connectivity index (χ0) is 17.7. The molecular formula is C16H22N2O5S. The van der Waals surface area contributed by atoms with Crippen molar-refractivity contribution in [3.05, 3.63) is 29.8 Å². The van der Waals surface area contributed by atoms with Crippen molar-refractivity contribution in [2.45, 2.75) is 25.9 Å². The number of nitrogens with one attached hydrogen (secondary N) is 1. The topological polar surface area (TPSA) is 92.8 Å². The summed E-state index contributed by atoms with van der Waals surface area (Å²) >= 11 is 0. The molecule has 2 amide bonds. The van der Waals surface area contributed by atoms with Gasteiger partial charge in [0.05, 0.1) is 25.2 Å². The lowest BCUT2D eigenvalue weighted by Gasteiger charge is -2.26. The number of amides is 2. The lowest BCUT2D eigenvalue weighted by atomic mass is 10.2. The van der Waals surface area contributed by atoms with E-state index in [1.165, 1.54) is 11.8 Å². The van der Waals surface area contributed by atoms with Gasteiger partial charge in [-0.05, 0) is 12.5 Å². The van der Waals surface area contributed by atoms with Crippen LogP contribution in [-0.4, -0.2) is 56.3 Å². The van der Waals surface area contributed by atoms with Crippen LogP contribution in [0, 0.1) is 0 Å². The Kier molecular flexibility index (Phi) is 5.82. The normalized spacial score (nSPS) is 18.8. The van der Waals surface area contributed by atoms with Crippen LogP contribution in [0.3, 0.4) is 0 Å². The molecule has 1 heterocycles. The van der Waals surface area contributed by atoms with Crippen LogP contribution in [0.2, 0.25) is 0 Å². The van der Waals surface area contributed by atoms with Crippen molar-refractivity contribution in [3.8, 4) is 5.75 Å². The first-order chi connectivity index (χ1) is 11.3. The molecule has 0 aliphatic carbocycles. The number of benzene rings is 1. The first-order valence-corrected chi connectivity index (χ1v) is 9.51. The SMILES string of the molecule is COc1ccccc1CNC(=O)CN(C(C)=O)C1CCS(=O)(=O)C1. The van der Waals surface area contributed by atoms with Crippen LogP contribution in [0.15, 0.2) is 24.3 Å². The summed E-state index contributed by atoms with van der Waals surface area (Å²) in [4.78, 5) is 25.3. The minimum absolute atomic E-state index is 0.0598. The minimum Gasteiger partial charge on any atom is -0.496 e. The Hall–Kier alpha value is -2.09. The zero-order valence-electron chi connectivity index (χ0n) is 13.8. The first-order valence-electron chi connectivity index (χ1n) is 7.68. The minimum atomic E-state index is -3.12. The average molecular weight is 354 g/mol. The highest BCUT2D eigenvalue weighted by Gasteiger charge is 2.34. The van der Waals surface area contributed by atoms with Crippen molar-refractivity contribution < 1.29 is 22.7 Å². The maximum atomic E-state index is 12.2. The predicted molar refractivity (Wildman–Crippen MR) is 89.3 cm³/mol. The standard InChI is InChI=1S/C16H22N2O5S/c1-12(19)18(14-7-8-24(21,22)11-14)10-16(20)17-9-13-5-3-4-6-15(13)23-2/h3-6,14H,7-11H2,1-2H3,(H,17,20). The van der Waals surface area contributed by atoms with Crippen LogP contribution in [0.1, 0.15) is 18.9 Å². The summed E-state index contributed by atoms with van der Waals surface area (Å²) in [5.74, 6) is 0.0180. The molecule has 0 bridgehead atoms. The molecule has 1 unspecified atom stereocenters. The molecule has 0 radical (unpaired) electrons. The number of hydrogen-bond acceptors (Lipinski definition) is 5. The van der Waals surface area contributed by atoms with Crippen molar-refractivity contribution in [1.82, 2.24) is 10.2 Å². The van der Waals surface area contributed by atoms with Gasteiger partial charge in [0.25, 0.3) is 0 Å². The van der Waals surface area contributed by atoms with Gasteiger partial charge in [-0.25, -0.2) is 8.42 Å². The average Bonchev–Trinajstić information content (AvgIpc) is 2.90. The van der Waals surface area contributed by atoms with Gasteiger partial charge in [0.15, 0.2) is 9.84 Å². The molecule has 1 aromatic rings. The van der Waals surface area contributed by atoms with Crippen molar-refractivity contribution in [2.75, 3.05) is 25.2 Å². The number of rotatable bonds is 6. The molecule has 1 saturated heterocycles. The van der Waals surface area contributed by atoms with E-state index in [2.05, 4.69) is 5.32 Å². The second-order valence-corrected chi connectivity index (χ2v) is 8.02. The monoisotopic (exact) mass is 354 g/mol. The highest BCUT2D eigenvalue weighted by Crippen LogP contribution is 2.18. The third-order valence-electron chi connectivity index (χ3n) is 4.04. The van der Waals surface area contributed by atoms with Gasteiger partial charge in [0.2, 0.25) is 11.8 Å². The summed E-state index contributed by atoms with van der Waals surface area (Å²) < 4.78 is 28.4. The summed E-state index contributed by atoms with van der Waals surface area (Å²) in [7, 11) is -1.56. The molecule has 132 valence electrons. The molecule has 2 rings (SSSR count). The van der Waals surface area contributed by atoms with Crippen LogP contribution < -0.4 is 10.1 Å². The number of ether oxygens (including phenoxy) is 1. The van der Waals surface area contributed by atoms with Gasteiger partial charge in [0, 0.05) is 25.1 Å². The van der Waals surface area contributed by atoms with Gasteiger partial charge in [-0.2, -0.15) is 0 Å². The van der Waals surface area contributed by atoms with E-state index < -0.39 is 15.9 Å². The van der Waals surface area contributed by atoms with Gasteiger partial charge in [-0.15, -0.1) is 0 Å². The third-order valence-corrected chi connectivity index (χ3v) is 5.79. The quantitative estimate of drug-likeness (QED) is 0.796. The van der Waals surface area contributed by atoms with E-state index >= 15 is 0 Å². The highest BCUT2D eigenvalue weighted by atomic mass is 32.2. The van der Waals surface area contributed by atoms with Crippen molar-refractivity contribution in [2.24, 2.45) is 0 Å². The number of sulfone groups is 1. The van der Waals surface area contributed by atoms with E-state index in [1.807, 2.05) is 18.2 Å². The van der Waals surface area contributed by atoms with Crippen LogP contribution in [0.5, 0.6) is 5.75 Å². The van der Waals surface area contributed by atoms with E-state index in [0.29, 0.717) is 12.2 Å². The smallest absolute Gasteiger partial charge is 0.239 e. The molecule has 24 heavy (non-hydrogen) atoms. The Balaban J connectivity index is 1.95. The molecule has 1 fully saturated rings. The van der Waals surface area contributed by atoms with Crippen LogP contribution in [-0.2, 0) is 26.0 Å². The van der Waals surface area contributed by atoms with Gasteiger partial charge < -0.3 is 15.0 Å². The molecule has 1 atom stereocenters. The summed E-state index contributed by atoms with van der Waals surface area (Å²) in [6.07, 6.45) is 0.377. The predicted octanol–water partition coefficient (Wildman–Crippen LogP) is 0.347. The summed E-state index contributed by atoms with van der Waals surface area (Å²) in [5, 5.41) is 2.74. The number of nitrogens with zero attached hydrogens (tertiary/aromatic N) is 1. The number of para-hydroxylation sites is 1. The fourth-order valence-corrected chi connectivity index (χ4v) is 4.50. The summed E-state index contributed by atoms with van der Waals surface area (Å²) in [5.41, 5.74) is 0.825. The van der Waals surface area contributed by atoms with E-state index in [9.17, 15) is 18.0 Å². The molecule has 8 heteroatoms. The Bertz CT molecular complexity index is 717. The molecule has 0 saturated carbocycles. The fraction of sp³-hybridized carbons (Fsp3) is 0.500. The second kappa shape index (κ2) is 7.65. The fourth-order valence-electron chi connectivity index (χ4n) is 2.77. The lowest BCUT2D eigenvalue weighted by molar-refractivity contribution is -0.136. The van der Waals surface area contributed by atoms with Crippen molar-refractivity contribution in [1.29, 1.82) is 0 Å². The van der Waals surface area contributed by atoms with E-state index in [-0.39, 0.29) is 36.4 Å². The first kappa shape index (κ1) is 18.3. The molecule has 0 aromatic heterocycles. The highest BCUT2D eigenvalue weighted by molar-refractivity contribution is 7.91. The van der Waals surface area contributed by atoms with Gasteiger partial charge in [-0.3, -0.25) is 9.59 Å². The van der Waals surface area contributed by atoms with Gasteiger partial charge in [0.1, 0.15) is 5.75 Å². The zero-order valence-corrected chi connectivity index (χ0v) is 14.6. The van der Waals surface area contributed by atoms with Crippen LogP contribution in [0.4, 0.5) is 0 Å². The van der Waals surface area contributed by atoms with Gasteiger partial charge >= 0.3 is 0 Å². The Labute approximate surface area is 141 Å².